The van der Waals surface area contributed by atoms with Crippen LogP contribution in [0.25, 0.3) is 0 Å². The van der Waals surface area contributed by atoms with Crippen LogP contribution in [-0.2, 0) is 9.53 Å². The first kappa shape index (κ1) is 15.3. The summed E-state index contributed by atoms with van der Waals surface area (Å²) in [6.45, 7) is 8.92. The normalized spacial score (nSPS) is 33.1. The molecule has 3 fully saturated rings. The summed E-state index contributed by atoms with van der Waals surface area (Å²) in [5.74, 6) is 0.606. The summed E-state index contributed by atoms with van der Waals surface area (Å²) in [5.41, 5.74) is 0. The molecule has 0 radical (unpaired) electrons. The van der Waals surface area contributed by atoms with Crippen LogP contribution in [0.5, 0.6) is 0 Å². The molecule has 0 aromatic carbocycles. The lowest BCUT2D eigenvalue weighted by molar-refractivity contribution is -0.138. The molecule has 3 aliphatic rings. The van der Waals surface area contributed by atoms with Crippen molar-refractivity contribution in [3.05, 3.63) is 0 Å². The maximum absolute atomic E-state index is 12.5. The van der Waals surface area contributed by atoms with Gasteiger partial charge in [0.15, 0.2) is 0 Å². The van der Waals surface area contributed by atoms with E-state index in [0.29, 0.717) is 18.1 Å². The molecule has 5 nitrogen and oxygen atoms in total. The molecule has 5 heteroatoms. The van der Waals surface area contributed by atoms with Gasteiger partial charge in [0.05, 0.1) is 18.6 Å². The van der Waals surface area contributed by atoms with E-state index in [-0.39, 0.29) is 5.92 Å². The average Bonchev–Trinajstić information content (AvgIpc) is 2.55. The summed E-state index contributed by atoms with van der Waals surface area (Å²) in [6, 6.07) is 0.643. The van der Waals surface area contributed by atoms with Gasteiger partial charge in [0.25, 0.3) is 0 Å². The van der Waals surface area contributed by atoms with Gasteiger partial charge in [-0.25, -0.2) is 0 Å². The van der Waals surface area contributed by atoms with Crippen molar-refractivity contribution < 1.29 is 9.53 Å². The van der Waals surface area contributed by atoms with Crippen LogP contribution < -0.4 is 5.32 Å². The molecular weight excluding hydrogens is 266 g/mol. The van der Waals surface area contributed by atoms with Crippen molar-refractivity contribution in [3.63, 3.8) is 0 Å². The predicted octanol–water partition coefficient (Wildman–Crippen LogP) is 0.698. The Kier molecular flexibility index (Phi) is 5.14. The van der Waals surface area contributed by atoms with Gasteiger partial charge in [0, 0.05) is 38.8 Å². The van der Waals surface area contributed by atoms with Gasteiger partial charge in [0.2, 0.25) is 5.91 Å². The van der Waals surface area contributed by atoms with E-state index in [1.165, 1.54) is 0 Å². The number of ether oxygens (including phenoxy) is 1. The number of piperidine rings is 2. The number of hydrogen-bond donors (Lipinski definition) is 1. The van der Waals surface area contributed by atoms with Gasteiger partial charge in [-0.2, -0.15) is 0 Å². The number of carbonyl (C=O) groups is 1. The third kappa shape index (κ3) is 3.76. The smallest absolute Gasteiger partial charge is 0.226 e. The number of amides is 1. The fraction of sp³-hybridized carbons (Fsp3) is 0.938. The number of carbonyl (C=O) groups excluding carboxylic acids is 1. The van der Waals surface area contributed by atoms with Crippen LogP contribution in [0.3, 0.4) is 0 Å². The van der Waals surface area contributed by atoms with Crippen LogP contribution in [0.2, 0.25) is 0 Å². The summed E-state index contributed by atoms with van der Waals surface area (Å²) in [4.78, 5) is 17.2. The molecule has 2 unspecified atom stereocenters. The predicted molar refractivity (Wildman–Crippen MR) is 82.2 cm³/mol. The Bertz CT molecular complexity index is 349. The molecule has 0 aromatic rings. The maximum atomic E-state index is 12.5. The van der Waals surface area contributed by atoms with Crippen LogP contribution in [0, 0.1) is 5.92 Å². The van der Waals surface area contributed by atoms with Crippen molar-refractivity contribution in [2.24, 2.45) is 5.92 Å². The topological polar surface area (TPSA) is 44.8 Å². The SMILES string of the molecule is CC1CN(C2CCN(C(=O)C3CCCNC3)CC2)CCO1. The van der Waals surface area contributed by atoms with Crippen LogP contribution in [-0.4, -0.2) is 73.7 Å². The van der Waals surface area contributed by atoms with Crippen LogP contribution in [0.1, 0.15) is 32.6 Å². The third-order valence-electron chi connectivity index (χ3n) is 5.21. The Morgan fingerprint density at radius 3 is 2.67 bits per heavy atom. The summed E-state index contributed by atoms with van der Waals surface area (Å²) in [7, 11) is 0. The molecule has 0 spiro atoms. The van der Waals surface area contributed by atoms with E-state index in [9.17, 15) is 4.79 Å². The number of morpholine rings is 1. The quantitative estimate of drug-likeness (QED) is 0.814. The van der Waals surface area contributed by atoms with Crippen molar-refractivity contribution >= 4 is 5.91 Å². The zero-order valence-corrected chi connectivity index (χ0v) is 13.2. The molecule has 1 N–H and O–H groups in total. The number of nitrogens with one attached hydrogen (secondary N) is 1. The van der Waals surface area contributed by atoms with E-state index >= 15 is 0 Å². The highest BCUT2D eigenvalue weighted by Gasteiger charge is 2.32. The van der Waals surface area contributed by atoms with Crippen molar-refractivity contribution in [1.82, 2.24) is 15.1 Å². The standard InChI is InChI=1S/C16H29N3O2/c1-13-12-19(9-10-21-13)15-4-7-18(8-5-15)16(20)14-3-2-6-17-11-14/h13-15,17H,2-12H2,1H3. The minimum Gasteiger partial charge on any atom is -0.376 e. The van der Waals surface area contributed by atoms with E-state index < -0.39 is 0 Å². The minimum absolute atomic E-state index is 0.221. The molecule has 21 heavy (non-hydrogen) atoms. The van der Waals surface area contributed by atoms with Gasteiger partial charge >= 0.3 is 0 Å². The van der Waals surface area contributed by atoms with Gasteiger partial charge in [-0.15, -0.1) is 0 Å². The second-order valence-corrected chi connectivity index (χ2v) is 6.78. The lowest BCUT2D eigenvalue weighted by Crippen LogP contribution is -2.53. The first-order valence-electron chi connectivity index (χ1n) is 8.59. The molecule has 1 amide bonds. The Labute approximate surface area is 128 Å². The number of likely N-dealkylation sites (tertiary alicyclic amines) is 1. The van der Waals surface area contributed by atoms with Gasteiger partial charge in [-0.1, -0.05) is 0 Å². The summed E-state index contributed by atoms with van der Waals surface area (Å²) in [5, 5.41) is 3.35. The molecule has 0 aliphatic carbocycles. The third-order valence-corrected chi connectivity index (χ3v) is 5.21. The molecule has 0 aromatic heterocycles. The zero-order valence-electron chi connectivity index (χ0n) is 13.2. The Balaban J connectivity index is 1.47. The van der Waals surface area contributed by atoms with Crippen molar-refractivity contribution in [2.75, 3.05) is 45.9 Å². The summed E-state index contributed by atoms with van der Waals surface area (Å²) < 4.78 is 5.62. The highest BCUT2D eigenvalue weighted by molar-refractivity contribution is 5.79. The highest BCUT2D eigenvalue weighted by Crippen LogP contribution is 2.22. The number of hydrogen-bond acceptors (Lipinski definition) is 4. The van der Waals surface area contributed by atoms with Crippen LogP contribution >= 0.6 is 0 Å². The molecule has 3 heterocycles. The maximum Gasteiger partial charge on any atom is 0.226 e. The van der Waals surface area contributed by atoms with Gasteiger partial charge in [-0.05, 0) is 39.2 Å². The van der Waals surface area contributed by atoms with Gasteiger partial charge < -0.3 is 15.0 Å². The fourth-order valence-corrected chi connectivity index (χ4v) is 3.95. The second kappa shape index (κ2) is 7.07. The molecule has 3 rings (SSSR count). The van der Waals surface area contributed by atoms with E-state index in [2.05, 4.69) is 22.0 Å². The molecular formula is C16H29N3O2. The Morgan fingerprint density at radius 2 is 2.00 bits per heavy atom. The van der Waals surface area contributed by atoms with Crippen LogP contribution in [0.4, 0.5) is 0 Å². The van der Waals surface area contributed by atoms with Crippen LogP contribution in [0.15, 0.2) is 0 Å². The summed E-state index contributed by atoms with van der Waals surface area (Å²) in [6.07, 6.45) is 4.80. The molecule has 2 atom stereocenters. The molecule has 0 bridgehead atoms. The van der Waals surface area contributed by atoms with Crippen molar-refractivity contribution in [2.45, 2.75) is 44.8 Å². The largest absolute Gasteiger partial charge is 0.376 e. The first-order chi connectivity index (χ1) is 10.2. The van der Waals surface area contributed by atoms with E-state index in [4.69, 9.17) is 4.74 Å². The van der Waals surface area contributed by atoms with E-state index in [0.717, 1.165) is 71.6 Å². The van der Waals surface area contributed by atoms with Crippen molar-refractivity contribution in [3.8, 4) is 0 Å². The van der Waals surface area contributed by atoms with Gasteiger partial charge in [0.1, 0.15) is 0 Å². The van der Waals surface area contributed by atoms with Crippen molar-refractivity contribution in [1.29, 1.82) is 0 Å². The lowest BCUT2D eigenvalue weighted by Gasteiger charge is -2.42. The second-order valence-electron chi connectivity index (χ2n) is 6.78. The molecule has 3 aliphatic heterocycles. The monoisotopic (exact) mass is 295 g/mol. The highest BCUT2D eigenvalue weighted by atomic mass is 16.5. The molecule has 3 saturated heterocycles. The Morgan fingerprint density at radius 1 is 1.19 bits per heavy atom. The number of rotatable bonds is 2. The molecule has 0 saturated carbocycles. The Hall–Kier alpha value is -0.650. The van der Waals surface area contributed by atoms with Gasteiger partial charge in [-0.3, -0.25) is 9.69 Å². The molecule has 120 valence electrons. The minimum atomic E-state index is 0.221. The average molecular weight is 295 g/mol. The number of nitrogens with zero attached hydrogens (tertiary/aromatic N) is 2. The summed E-state index contributed by atoms with van der Waals surface area (Å²) >= 11 is 0. The fourth-order valence-electron chi connectivity index (χ4n) is 3.95. The first-order valence-corrected chi connectivity index (χ1v) is 8.59. The van der Waals surface area contributed by atoms with E-state index in [1.807, 2.05) is 0 Å². The van der Waals surface area contributed by atoms with E-state index in [1.54, 1.807) is 0 Å². The zero-order chi connectivity index (χ0) is 14.7. The lowest BCUT2D eigenvalue weighted by atomic mass is 9.95.